The van der Waals surface area contributed by atoms with Crippen molar-refractivity contribution in [2.24, 2.45) is 0 Å². The molecule has 0 radical (unpaired) electrons. The fourth-order valence-corrected chi connectivity index (χ4v) is 2.68. The summed E-state index contributed by atoms with van der Waals surface area (Å²) in [6, 6.07) is 0. The molecule has 2 fully saturated rings. The van der Waals surface area contributed by atoms with Gasteiger partial charge in [-0.3, -0.25) is 4.79 Å². The maximum atomic E-state index is 11.3. The first-order valence-electron chi connectivity index (χ1n) is 6.07. The second-order valence-electron chi connectivity index (χ2n) is 4.81. The van der Waals surface area contributed by atoms with E-state index in [-0.39, 0.29) is 18.6 Å². The van der Waals surface area contributed by atoms with Gasteiger partial charge in [0.1, 0.15) is 11.7 Å². The molecule has 2 heterocycles. The van der Waals surface area contributed by atoms with Crippen molar-refractivity contribution >= 4 is 12.3 Å². The molecule has 4 atom stereocenters. The van der Waals surface area contributed by atoms with Gasteiger partial charge in [0.2, 0.25) is 0 Å². The van der Waals surface area contributed by atoms with Crippen molar-refractivity contribution in [1.82, 2.24) is 0 Å². The van der Waals surface area contributed by atoms with Crippen molar-refractivity contribution in [2.75, 3.05) is 0 Å². The standard InChI is InChI=1S/C13H16O5/c1-2-9-5-6-13(8-14)11(17-9)4-3-10(18-13)7-12(15)16/h1,8-11H,3-7H2,(H,15,16). The molecule has 98 valence electrons. The highest BCUT2D eigenvalue weighted by Gasteiger charge is 2.49. The number of hydrogen-bond donors (Lipinski definition) is 1. The van der Waals surface area contributed by atoms with E-state index in [1.807, 2.05) is 0 Å². The number of aliphatic carboxylic acids is 1. The van der Waals surface area contributed by atoms with Crippen molar-refractivity contribution in [3.8, 4) is 12.3 Å². The van der Waals surface area contributed by atoms with Gasteiger partial charge in [-0.1, -0.05) is 5.92 Å². The summed E-state index contributed by atoms with van der Waals surface area (Å²) in [6.07, 6.45) is 7.17. The Labute approximate surface area is 105 Å². The number of hydrogen-bond acceptors (Lipinski definition) is 4. The number of carboxylic acid groups (broad SMARTS) is 1. The summed E-state index contributed by atoms with van der Waals surface area (Å²) in [7, 11) is 0. The van der Waals surface area contributed by atoms with Gasteiger partial charge in [-0.05, 0) is 25.7 Å². The van der Waals surface area contributed by atoms with E-state index in [4.69, 9.17) is 21.0 Å². The predicted octanol–water partition coefficient (Wildman–Crippen LogP) is 0.759. The third-order valence-electron chi connectivity index (χ3n) is 3.60. The van der Waals surface area contributed by atoms with Crippen molar-refractivity contribution in [2.45, 2.75) is 56.0 Å². The Balaban J connectivity index is 2.09. The van der Waals surface area contributed by atoms with Gasteiger partial charge in [0.15, 0.2) is 6.29 Å². The Hall–Kier alpha value is -1.38. The number of carboxylic acids is 1. The largest absolute Gasteiger partial charge is 0.481 e. The van der Waals surface area contributed by atoms with E-state index in [2.05, 4.69) is 5.92 Å². The van der Waals surface area contributed by atoms with Gasteiger partial charge < -0.3 is 19.4 Å². The molecule has 0 amide bonds. The number of terminal acetylenes is 1. The van der Waals surface area contributed by atoms with E-state index in [9.17, 15) is 9.59 Å². The highest BCUT2D eigenvalue weighted by Crippen LogP contribution is 2.39. The predicted molar refractivity (Wildman–Crippen MR) is 61.9 cm³/mol. The summed E-state index contributed by atoms with van der Waals surface area (Å²) < 4.78 is 11.3. The zero-order chi connectivity index (χ0) is 13.2. The molecule has 0 bridgehead atoms. The molecule has 4 unspecified atom stereocenters. The average Bonchev–Trinajstić information content (AvgIpc) is 2.37. The lowest BCUT2D eigenvalue weighted by molar-refractivity contribution is -0.226. The lowest BCUT2D eigenvalue weighted by Crippen LogP contribution is -2.57. The first-order chi connectivity index (χ1) is 8.59. The SMILES string of the molecule is C#CC1CCC2(C=O)OC(CC(=O)O)CCC2O1. The van der Waals surface area contributed by atoms with E-state index in [0.717, 1.165) is 6.29 Å². The second-order valence-corrected chi connectivity index (χ2v) is 4.81. The summed E-state index contributed by atoms with van der Waals surface area (Å²) in [5, 5.41) is 8.77. The third-order valence-corrected chi connectivity index (χ3v) is 3.60. The molecular formula is C13H16O5. The minimum Gasteiger partial charge on any atom is -0.481 e. The van der Waals surface area contributed by atoms with Crippen LogP contribution in [0.25, 0.3) is 0 Å². The molecule has 0 saturated carbocycles. The molecule has 0 spiro atoms. The quantitative estimate of drug-likeness (QED) is 0.593. The van der Waals surface area contributed by atoms with Gasteiger partial charge in [-0.25, -0.2) is 0 Å². The summed E-state index contributed by atoms with van der Waals surface area (Å²) in [4.78, 5) is 22.0. The first-order valence-corrected chi connectivity index (χ1v) is 6.07. The van der Waals surface area contributed by atoms with E-state index in [1.54, 1.807) is 0 Å². The van der Waals surface area contributed by atoms with Crippen molar-refractivity contribution in [1.29, 1.82) is 0 Å². The Kier molecular flexibility index (Phi) is 3.69. The normalized spacial score (nSPS) is 39.4. The first kappa shape index (κ1) is 13.1. The topological polar surface area (TPSA) is 72.8 Å². The van der Waals surface area contributed by atoms with E-state index in [0.29, 0.717) is 25.7 Å². The van der Waals surface area contributed by atoms with E-state index < -0.39 is 17.7 Å². The lowest BCUT2D eigenvalue weighted by atomic mass is 9.82. The minimum atomic E-state index is -1.01. The van der Waals surface area contributed by atoms with Gasteiger partial charge in [0, 0.05) is 0 Å². The third kappa shape index (κ3) is 2.40. The van der Waals surface area contributed by atoms with Crippen LogP contribution in [-0.2, 0) is 19.1 Å². The molecule has 2 aliphatic rings. The van der Waals surface area contributed by atoms with Crippen LogP contribution in [0.2, 0.25) is 0 Å². The lowest BCUT2D eigenvalue weighted by Gasteiger charge is -2.47. The number of rotatable bonds is 3. The summed E-state index contributed by atoms with van der Waals surface area (Å²) in [5.74, 6) is 1.62. The Morgan fingerprint density at radius 2 is 2.28 bits per heavy atom. The van der Waals surface area contributed by atoms with Crippen LogP contribution in [0, 0.1) is 12.3 Å². The second kappa shape index (κ2) is 5.09. The molecule has 0 aliphatic carbocycles. The van der Waals surface area contributed by atoms with Crippen LogP contribution in [-0.4, -0.2) is 41.3 Å². The molecule has 2 saturated heterocycles. The Bertz CT molecular complexity index is 385. The fraction of sp³-hybridized carbons (Fsp3) is 0.692. The van der Waals surface area contributed by atoms with Gasteiger partial charge in [-0.15, -0.1) is 6.42 Å². The molecule has 2 aliphatic heterocycles. The average molecular weight is 252 g/mol. The van der Waals surface area contributed by atoms with E-state index >= 15 is 0 Å². The molecule has 0 aromatic heterocycles. The molecule has 0 aromatic rings. The van der Waals surface area contributed by atoms with Gasteiger partial charge in [0.25, 0.3) is 0 Å². The molecule has 5 heteroatoms. The van der Waals surface area contributed by atoms with Crippen LogP contribution < -0.4 is 0 Å². The molecular weight excluding hydrogens is 236 g/mol. The number of fused-ring (bicyclic) bond motifs is 1. The van der Waals surface area contributed by atoms with Gasteiger partial charge >= 0.3 is 5.97 Å². The Morgan fingerprint density at radius 1 is 1.50 bits per heavy atom. The van der Waals surface area contributed by atoms with Gasteiger partial charge in [0.05, 0.1) is 18.6 Å². The maximum absolute atomic E-state index is 11.3. The van der Waals surface area contributed by atoms with Crippen LogP contribution in [0.3, 0.4) is 0 Å². The molecule has 2 rings (SSSR count). The monoisotopic (exact) mass is 252 g/mol. The number of ether oxygens (including phenoxy) is 2. The molecule has 1 N–H and O–H groups in total. The van der Waals surface area contributed by atoms with Crippen LogP contribution in [0.1, 0.15) is 32.1 Å². The Morgan fingerprint density at radius 3 is 2.89 bits per heavy atom. The molecule has 5 nitrogen and oxygen atoms in total. The smallest absolute Gasteiger partial charge is 0.305 e. The summed E-state index contributed by atoms with van der Waals surface area (Å²) in [5.41, 5.74) is -1.01. The highest BCUT2D eigenvalue weighted by molar-refractivity contribution is 5.68. The van der Waals surface area contributed by atoms with Gasteiger partial charge in [-0.2, -0.15) is 0 Å². The van der Waals surface area contributed by atoms with Crippen LogP contribution in [0.15, 0.2) is 0 Å². The molecule has 0 aromatic carbocycles. The highest BCUT2D eigenvalue weighted by atomic mass is 16.6. The van der Waals surface area contributed by atoms with Crippen LogP contribution in [0.4, 0.5) is 0 Å². The minimum absolute atomic E-state index is 0.0825. The zero-order valence-electron chi connectivity index (χ0n) is 10.0. The summed E-state index contributed by atoms with van der Waals surface area (Å²) >= 11 is 0. The van der Waals surface area contributed by atoms with Crippen molar-refractivity contribution < 1.29 is 24.2 Å². The number of aldehydes is 1. The zero-order valence-corrected chi connectivity index (χ0v) is 10.0. The number of carbonyl (C=O) groups excluding carboxylic acids is 1. The van der Waals surface area contributed by atoms with Crippen molar-refractivity contribution in [3.05, 3.63) is 0 Å². The maximum Gasteiger partial charge on any atom is 0.305 e. The van der Waals surface area contributed by atoms with Crippen LogP contribution >= 0.6 is 0 Å². The summed E-state index contributed by atoms with van der Waals surface area (Å²) in [6.45, 7) is 0. The fourth-order valence-electron chi connectivity index (χ4n) is 2.68. The van der Waals surface area contributed by atoms with Crippen molar-refractivity contribution in [3.63, 3.8) is 0 Å². The van der Waals surface area contributed by atoms with Crippen LogP contribution in [0.5, 0.6) is 0 Å². The van der Waals surface area contributed by atoms with E-state index in [1.165, 1.54) is 0 Å². The molecule has 18 heavy (non-hydrogen) atoms. The number of carbonyl (C=O) groups is 2.